The van der Waals surface area contributed by atoms with Crippen LogP contribution in [-0.2, 0) is 17.2 Å². The van der Waals surface area contributed by atoms with Gasteiger partial charge in [-0.3, -0.25) is 13.9 Å². The quantitative estimate of drug-likeness (QED) is 0.695. The number of hydrogen-bond acceptors (Lipinski definition) is 6. The van der Waals surface area contributed by atoms with Crippen molar-refractivity contribution in [1.82, 2.24) is 24.1 Å². The predicted molar refractivity (Wildman–Crippen MR) is 110 cm³/mol. The summed E-state index contributed by atoms with van der Waals surface area (Å²) in [7, 11) is 1.79. The van der Waals surface area contributed by atoms with Crippen LogP contribution in [0.3, 0.4) is 0 Å². The lowest BCUT2D eigenvalue weighted by atomic mass is 9.84. The van der Waals surface area contributed by atoms with Crippen LogP contribution in [0.4, 0.5) is 5.82 Å². The van der Waals surface area contributed by atoms with Crippen LogP contribution in [-0.4, -0.2) is 48.4 Å². The van der Waals surface area contributed by atoms with E-state index >= 15 is 0 Å². The first-order valence-electron chi connectivity index (χ1n) is 10.3. The Kier molecular flexibility index (Phi) is 4.15. The van der Waals surface area contributed by atoms with Crippen LogP contribution >= 0.6 is 0 Å². The Morgan fingerprint density at radius 3 is 2.73 bits per heavy atom. The Hall–Kier alpha value is -2.94. The Labute approximate surface area is 174 Å². The third-order valence-electron chi connectivity index (χ3n) is 6.03. The lowest BCUT2D eigenvalue weighted by Gasteiger charge is -2.24. The van der Waals surface area contributed by atoms with Crippen molar-refractivity contribution in [2.24, 2.45) is 7.05 Å². The molecule has 30 heavy (non-hydrogen) atoms. The summed E-state index contributed by atoms with van der Waals surface area (Å²) in [5, 5.41) is 6.96. The first-order chi connectivity index (χ1) is 14.3. The monoisotopic (exact) mass is 410 g/mol. The molecule has 2 bridgehead atoms. The van der Waals surface area contributed by atoms with E-state index in [9.17, 15) is 4.79 Å². The minimum atomic E-state index is -0.352. The Morgan fingerprint density at radius 1 is 1.30 bits per heavy atom. The van der Waals surface area contributed by atoms with Gasteiger partial charge in [0.1, 0.15) is 5.69 Å². The minimum Gasteiger partial charge on any atom is -0.472 e. The Balaban J connectivity index is 1.54. The summed E-state index contributed by atoms with van der Waals surface area (Å²) in [5.74, 6) is 0.463. The normalized spacial score (nSPS) is 25.4. The molecule has 2 aliphatic rings. The van der Waals surface area contributed by atoms with Gasteiger partial charge in [0.2, 0.25) is 5.65 Å². The number of aryl methyl sites for hydroxylation is 1. The molecule has 3 aromatic rings. The van der Waals surface area contributed by atoms with E-state index in [4.69, 9.17) is 14.5 Å². The number of nitrogens with zero attached hydrogens (tertiary/aromatic N) is 5. The van der Waals surface area contributed by atoms with E-state index in [1.165, 1.54) is 0 Å². The van der Waals surface area contributed by atoms with Gasteiger partial charge in [0.25, 0.3) is 11.8 Å². The van der Waals surface area contributed by atoms with Gasteiger partial charge >= 0.3 is 0 Å². The molecule has 1 amide bonds. The van der Waals surface area contributed by atoms with Crippen molar-refractivity contribution in [3.63, 3.8) is 0 Å². The number of carbonyl (C=O) groups is 1. The highest BCUT2D eigenvalue weighted by molar-refractivity contribution is 6.02. The summed E-state index contributed by atoms with van der Waals surface area (Å²) in [6.07, 6.45) is 8.39. The fourth-order valence-corrected chi connectivity index (χ4v) is 4.55. The Bertz CT molecular complexity index is 1120. The van der Waals surface area contributed by atoms with E-state index in [1.807, 2.05) is 24.4 Å². The third kappa shape index (κ3) is 3.13. The van der Waals surface area contributed by atoms with Crippen molar-refractivity contribution in [3.8, 4) is 5.88 Å². The largest absolute Gasteiger partial charge is 0.472 e. The second kappa shape index (κ2) is 6.53. The maximum atomic E-state index is 12.8. The summed E-state index contributed by atoms with van der Waals surface area (Å²) in [6, 6.07) is 1.73. The van der Waals surface area contributed by atoms with Crippen molar-refractivity contribution < 1.29 is 14.3 Å². The third-order valence-corrected chi connectivity index (χ3v) is 6.03. The molecule has 0 aromatic carbocycles. The number of rotatable bonds is 5. The molecular formula is C21H26N6O3. The first kappa shape index (κ1) is 19.0. The molecule has 2 unspecified atom stereocenters. The molecule has 1 aliphatic heterocycles. The van der Waals surface area contributed by atoms with E-state index in [2.05, 4.69) is 22.3 Å². The number of anilines is 1. The lowest BCUT2D eigenvalue weighted by Crippen LogP contribution is -2.26. The molecule has 9 heteroatoms. The standard InChI is InChI=1S/C21H26N6O3/c1-13(2)30-19-17-23-15(21-7-6-20(3,11-21)29-12-21)10-27(17)9-14(22-19)18(28)24-16-5-8-26(4)25-16/h5,8-10,13H,6-7,11-12H2,1-4H3,(H,24,25,28). The average Bonchev–Trinajstić information content (AvgIpc) is 3.43. The predicted octanol–water partition coefficient (Wildman–Crippen LogP) is 2.71. The fourth-order valence-electron chi connectivity index (χ4n) is 4.55. The van der Waals surface area contributed by atoms with Gasteiger partial charge in [0.15, 0.2) is 5.82 Å². The molecule has 2 atom stereocenters. The molecule has 0 radical (unpaired) electrons. The van der Waals surface area contributed by atoms with Gasteiger partial charge in [-0.05, 0) is 40.0 Å². The van der Waals surface area contributed by atoms with Gasteiger partial charge in [0, 0.05) is 37.1 Å². The van der Waals surface area contributed by atoms with Crippen LogP contribution in [0.2, 0.25) is 0 Å². The molecular weight excluding hydrogens is 384 g/mol. The number of imidazole rings is 1. The van der Waals surface area contributed by atoms with Crippen molar-refractivity contribution in [2.75, 3.05) is 11.9 Å². The number of ether oxygens (including phenoxy) is 2. The first-order valence-corrected chi connectivity index (χ1v) is 10.3. The van der Waals surface area contributed by atoms with Crippen molar-refractivity contribution in [1.29, 1.82) is 0 Å². The minimum absolute atomic E-state index is 0.0565. The van der Waals surface area contributed by atoms with E-state index in [1.54, 1.807) is 30.2 Å². The summed E-state index contributed by atoms with van der Waals surface area (Å²) < 4.78 is 15.4. The van der Waals surface area contributed by atoms with Crippen LogP contribution in [0.1, 0.15) is 56.2 Å². The van der Waals surface area contributed by atoms with Crippen LogP contribution in [0.5, 0.6) is 5.88 Å². The molecule has 1 N–H and O–H groups in total. The summed E-state index contributed by atoms with van der Waals surface area (Å²) >= 11 is 0. The van der Waals surface area contributed by atoms with E-state index in [-0.39, 0.29) is 28.7 Å². The topological polar surface area (TPSA) is 95.6 Å². The van der Waals surface area contributed by atoms with Gasteiger partial charge in [-0.15, -0.1) is 0 Å². The maximum Gasteiger partial charge on any atom is 0.277 e. The zero-order valence-electron chi connectivity index (χ0n) is 17.7. The molecule has 1 saturated carbocycles. The van der Waals surface area contributed by atoms with Gasteiger partial charge in [-0.25, -0.2) is 9.97 Å². The molecule has 0 spiro atoms. The van der Waals surface area contributed by atoms with E-state index in [0.29, 0.717) is 24.0 Å². The van der Waals surface area contributed by atoms with Crippen LogP contribution in [0, 0.1) is 0 Å². The lowest BCUT2D eigenvalue weighted by molar-refractivity contribution is -0.00627. The van der Waals surface area contributed by atoms with Gasteiger partial charge in [-0.2, -0.15) is 5.10 Å². The number of carbonyl (C=O) groups excluding carboxylic acids is 1. The summed E-state index contributed by atoms with van der Waals surface area (Å²) in [6.45, 7) is 6.70. The van der Waals surface area contributed by atoms with Gasteiger partial charge < -0.3 is 14.8 Å². The number of amides is 1. The van der Waals surface area contributed by atoms with E-state index in [0.717, 1.165) is 25.0 Å². The summed E-state index contributed by atoms with van der Waals surface area (Å²) in [5.41, 5.74) is 1.69. The highest BCUT2D eigenvalue weighted by Crippen LogP contribution is 2.53. The number of aromatic nitrogens is 5. The van der Waals surface area contributed by atoms with Crippen molar-refractivity contribution >= 4 is 17.4 Å². The zero-order valence-corrected chi connectivity index (χ0v) is 17.7. The van der Waals surface area contributed by atoms with Crippen LogP contribution in [0.25, 0.3) is 5.65 Å². The molecule has 158 valence electrons. The van der Waals surface area contributed by atoms with Gasteiger partial charge in [0.05, 0.1) is 24.0 Å². The molecule has 5 rings (SSSR count). The van der Waals surface area contributed by atoms with Crippen molar-refractivity contribution in [2.45, 2.75) is 57.2 Å². The second-order valence-electron chi connectivity index (χ2n) is 8.98. The molecule has 1 saturated heterocycles. The second-order valence-corrected chi connectivity index (χ2v) is 8.98. The number of nitrogens with one attached hydrogen (secondary N) is 1. The molecule has 9 nitrogen and oxygen atoms in total. The Morgan fingerprint density at radius 2 is 2.13 bits per heavy atom. The van der Waals surface area contributed by atoms with Crippen LogP contribution < -0.4 is 10.1 Å². The smallest absolute Gasteiger partial charge is 0.277 e. The molecule has 3 aromatic heterocycles. The number of fused-ring (bicyclic) bond motifs is 3. The SMILES string of the molecule is CC(C)Oc1nc(C(=O)Nc2ccn(C)n2)cn2cc(C34CCC(C)(C3)OC4)nc12. The fraction of sp³-hybridized carbons (Fsp3) is 0.524. The number of hydrogen-bond donors (Lipinski definition) is 1. The van der Waals surface area contributed by atoms with Crippen molar-refractivity contribution in [3.05, 3.63) is 36.0 Å². The van der Waals surface area contributed by atoms with E-state index < -0.39 is 0 Å². The highest BCUT2D eigenvalue weighted by atomic mass is 16.5. The van der Waals surface area contributed by atoms with Gasteiger partial charge in [-0.1, -0.05) is 0 Å². The zero-order chi connectivity index (χ0) is 21.1. The maximum absolute atomic E-state index is 12.8. The molecule has 4 heterocycles. The average molecular weight is 410 g/mol. The van der Waals surface area contributed by atoms with Crippen LogP contribution in [0.15, 0.2) is 24.7 Å². The summed E-state index contributed by atoms with van der Waals surface area (Å²) in [4.78, 5) is 22.2. The molecule has 2 fully saturated rings. The highest BCUT2D eigenvalue weighted by Gasteiger charge is 2.55. The molecule has 1 aliphatic carbocycles.